The Kier molecular flexibility index (Phi) is 4.79. The van der Waals surface area contributed by atoms with E-state index in [-0.39, 0.29) is 16.5 Å². The van der Waals surface area contributed by atoms with Crippen LogP contribution in [-0.4, -0.2) is 28.9 Å². The number of rotatable bonds is 5. The first-order valence-electron chi connectivity index (χ1n) is 9.19. The zero-order valence-electron chi connectivity index (χ0n) is 15.2. The summed E-state index contributed by atoms with van der Waals surface area (Å²) in [5.41, 5.74) is 2.08. The molecule has 6 heteroatoms. The molecule has 0 spiro atoms. The van der Waals surface area contributed by atoms with Crippen LogP contribution >= 0.6 is 11.6 Å². The molecule has 3 aromatic rings. The molecule has 0 bridgehead atoms. The van der Waals surface area contributed by atoms with Gasteiger partial charge in [0.2, 0.25) is 0 Å². The van der Waals surface area contributed by atoms with E-state index in [0.717, 1.165) is 37.0 Å². The van der Waals surface area contributed by atoms with Crippen LogP contribution in [0.3, 0.4) is 0 Å². The summed E-state index contributed by atoms with van der Waals surface area (Å²) in [5, 5.41) is 3.33. The lowest BCUT2D eigenvalue weighted by Crippen LogP contribution is -2.39. The molecular weight excluding hydrogens is 362 g/mol. The van der Waals surface area contributed by atoms with E-state index in [2.05, 4.69) is 16.4 Å². The van der Waals surface area contributed by atoms with E-state index in [9.17, 15) is 4.79 Å². The molecule has 0 radical (unpaired) electrons. The maximum Gasteiger partial charge on any atom is 0.271 e. The van der Waals surface area contributed by atoms with Crippen LogP contribution in [0, 0.1) is 0 Å². The molecule has 1 aliphatic carbocycles. The average Bonchev–Trinajstić information content (AvgIpc) is 3.30. The van der Waals surface area contributed by atoms with Gasteiger partial charge < -0.3 is 10.1 Å². The Balaban J connectivity index is 1.62. The van der Waals surface area contributed by atoms with Crippen molar-refractivity contribution in [2.75, 3.05) is 13.7 Å². The first-order valence-corrected chi connectivity index (χ1v) is 9.57. The van der Waals surface area contributed by atoms with Crippen LogP contribution in [0.25, 0.3) is 5.65 Å². The SMILES string of the molecule is COc1ccccc1C1(CNC(=O)c2c(Cl)nc3ccccn23)CCCC1. The number of benzene rings is 1. The molecule has 1 aromatic carbocycles. The van der Waals surface area contributed by atoms with Gasteiger partial charge in [0.15, 0.2) is 10.8 Å². The number of amides is 1. The summed E-state index contributed by atoms with van der Waals surface area (Å²) in [5.74, 6) is 0.668. The highest BCUT2D eigenvalue weighted by Gasteiger charge is 2.38. The number of pyridine rings is 1. The van der Waals surface area contributed by atoms with Crippen molar-refractivity contribution in [3.8, 4) is 5.75 Å². The van der Waals surface area contributed by atoms with Crippen molar-refractivity contribution in [3.05, 3.63) is 65.1 Å². The molecule has 0 saturated heterocycles. The standard InChI is InChI=1S/C21H22ClN3O2/c1-27-16-9-3-2-8-15(16)21(11-5-6-12-21)14-23-20(26)18-19(22)24-17-10-4-7-13-25(17)18/h2-4,7-10,13H,5-6,11-12,14H2,1H3,(H,23,26). The molecule has 2 aromatic heterocycles. The Morgan fingerprint density at radius 2 is 1.96 bits per heavy atom. The number of methoxy groups -OCH3 is 1. The van der Waals surface area contributed by atoms with Gasteiger partial charge in [0.25, 0.3) is 5.91 Å². The lowest BCUT2D eigenvalue weighted by atomic mass is 9.78. The summed E-state index contributed by atoms with van der Waals surface area (Å²) in [4.78, 5) is 17.2. The minimum Gasteiger partial charge on any atom is -0.496 e. The molecule has 4 rings (SSSR count). The monoisotopic (exact) mass is 383 g/mol. The maximum absolute atomic E-state index is 12.9. The summed E-state index contributed by atoms with van der Waals surface area (Å²) in [7, 11) is 1.69. The van der Waals surface area contributed by atoms with Crippen molar-refractivity contribution in [2.24, 2.45) is 0 Å². The zero-order valence-corrected chi connectivity index (χ0v) is 16.0. The number of carbonyl (C=O) groups is 1. The van der Waals surface area contributed by atoms with Crippen molar-refractivity contribution in [3.63, 3.8) is 0 Å². The quantitative estimate of drug-likeness (QED) is 0.717. The van der Waals surface area contributed by atoms with Gasteiger partial charge in [-0.25, -0.2) is 4.98 Å². The van der Waals surface area contributed by atoms with Crippen molar-refractivity contribution >= 4 is 23.2 Å². The normalized spacial score (nSPS) is 15.8. The highest BCUT2D eigenvalue weighted by Crippen LogP contribution is 2.44. The number of para-hydroxylation sites is 1. The zero-order chi connectivity index (χ0) is 18.9. The van der Waals surface area contributed by atoms with Crippen LogP contribution in [0.1, 0.15) is 41.7 Å². The van der Waals surface area contributed by atoms with Crippen LogP contribution < -0.4 is 10.1 Å². The number of carbonyl (C=O) groups excluding carboxylic acids is 1. The molecule has 1 fully saturated rings. The van der Waals surface area contributed by atoms with Gasteiger partial charge in [-0.2, -0.15) is 0 Å². The minimum atomic E-state index is -0.208. The largest absolute Gasteiger partial charge is 0.496 e. The smallest absolute Gasteiger partial charge is 0.271 e. The second-order valence-electron chi connectivity index (χ2n) is 7.05. The molecule has 0 atom stereocenters. The number of nitrogens with zero attached hydrogens (tertiary/aromatic N) is 2. The molecule has 1 amide bonds. The third-order valence-electron chi connectivity index (χ3n) is 5.53. The van der Waals surface area contributed by atoms with Crippen LogP contribution in [0.15, 0.2) is 48.7 Å². The van der Waals surface area contributed by atoms with Gasteiger partial charge in [-0.15, -0.1) is 0 Å². The predicted octanol–water partition coefficient (Wildman–Crippen LogP) is 4.24. The van der Waals surface area contributed by atoms with Crippen molar-refractivity contribution in [2.45, 2.75) is 31.1 Å². The topological polar surface area (TPSA) is 55.6 Å². The molecule has 140 valence electrons. The van der Waals surface area contributed by atoms with Gasteiger partial charge >= 0.3 is 0 Å². The number of hydrogen-bond acceptors (Lipinski definition) is 3. The Morgan fingerprint density at radius 3 is 2.74 bits per heavy atom. The number of fused-ring (bicyclic) bond motifs is 1. The van der Waals surface area contributed by atoms with Crippen LogP contribution in [-0.2, 0) is 5.41 Å². The average molecular weight is 384 g/mol. The predicted molar refractivity (Wildman–Crippen MR) is 106 cm³/mol. The number of hydrogen-bond donors (Lipinski definition) is 1. The molecule has 1 N–H and O–H groups in total. The number of imidazole rings is 1. The van der Waals surface area contributed by atoms with Crippen molar-refractivity contribution < 1.29 is 9.53 Å². The molecule has 0 unspecified atom stereocenters. The van der Waals surface area contributed by atoms with Crippen molar-refractivity contribution in [1.82, 2.24) is 14.7 Å². The molecule has 2 heterocycles. The number of ether oxygens (including phenoxy) is 1. The van der Waals surface area contributed by atoms with E-state index in [1.165, 1.54) is 0 Å². The van der Waals surface area contributed by atoms with E-state index in [1.807, 2.05) is 36.4 Å². The third-order valence-corrected chi connectivity index (χ3v) is 5.79. The van der Waals surface area contributed by atoms with Crippen LogP contribution in [0.4, 0.5) is 0 Å². The van der Waals surface area contributed by atoms with Gasteiger partial charge in [-0.1, -0.05) is 48.7 Å². The third kappa shape index (κ3) is 3.16. The molecule has 1 aliphatic rings. The summed E-state index contributed by atoms with van der Waals surface area (Å²) in [6, 6.07) is 13.7. The van der Waals surface area contributed by atoms with E-state index in [4.69, 9.17) is 16.3 Å². The first kappa shape index (κ1) is 17.9. The van der Waals surface area contributed by atoms with Gasteiger partial charge in [-0.05, 0) is 31.0 Å². The van der Waals surface area contributed by atoms with E-state index in [1.54, 1.807) is 17.7 Å². The fourth-order valence-corrected chi connectivity index (χ4v) is 4.44. The summed E-state index contributed by atoms with van der Waals surface area (Å²) in [6.45, 7) is 0.544. The Bertz CT molecular complexity index is 976. The van der Waals surface area contributed by atoms with Crippen LogP contribution in [0.2, 0.25) is 5.15 Å². The van der Waals surface area contributed by atoms with Gasteiger partial charge in [0.1, 0.15) is 11.4 Å². The fraction of sp³-hybridized carbons (Fsp3) is 0.333. The second kappa shape index (κ2) is 7.24. The maximum atomic E-state index is 12.9. The van der Waals surface area contributed by atoms with E-state index < -0.39 is 0 Å². The van der Waals surface area contributed by atoms with Gasteiger partial charge in [-0.3, -0.25) is 9.20 Å². The minimum absolute atomic E-state index is 0.116. The Morgan fingerprint density at radius 1 is 1.22 bits per heavy atom. The molecule has 1 saturated carbocycles. The molecular formula is C21H22ClN3O2. The fourth-order valence-electron chi connectivity index (χ4n) is 4.18. The number of aromatic nitrogens is 2. The Hall–Kier alpha value is -2.53. The van der Waals surface area contributed by atoms with E-state index >= 15 is 0 Å². The van der Waals surface area contributed by atoms with Gasteiger partial charge in [0.05, 0.1) is 7.11 Å². The summed E-state index contributed by atoms with van der Waals surface area (Å²) >= 11 is 6.24. The molecule has 0 aliphatic heterocycles. The van der Waals surface area contributed by atoms with E-state index in [0.29, 0.717) is 17.9 Å². The lowest BCUT2D eigenvalue weighted by Gasteiger charge is -2.31. The highest BCUT2D eigenvalue weighted by atomic mass is 35.5. The van der Waals surface area contributed by atoms with Gasteiger partial charge in [0, 0.05) is 23.7 Å². The lowest BCUT2D eigenvalue weighted by molar-refractivity contribution is 0.0937. The number of nitrogens with one attached hydrogen (secondary N) is 1. The van der Waals surface area contributed by atoms with Crippen molar-refractivity contribution in [1.29, 1.82) is 0 Å². The summed E-state index contributed by atoms with van der Waals surface area (Å²) < 4.78 is 7.31. The first-order chi connectivity index (χ1) is 13.1. The Labute approximate surface area is 163 Å². The molecule has 5 nitrogen and oxygen atoms in total. The number of halogens is 1. The highest BCUT2D eigenvalue weighted by molar-refractivity contribution is 6.32. The van der Waals surface area contributed by atoms with Crippen LogP contribution in [0.5, 0.6) is 5.75 Å². The summed E-state index contributed by atoms with van der Waals surface area (Å²) in [6.07, 6.45) is 6.13. The molecule has 27 heavy (non-hydrogen) atoms. The second-order valence-corrected chi connectivity index (χ2v) is 7.41.